The smallest absolute Gasteiger partial charge is 0.248 e. The van der Waals surface area contributed by atoms with Crippen molar-refractivity contribution in [3.8, 4) is 5.75 Å². The van der Waals surface area contributed by atoms with Gasteiger partial charge in [-0.3, -0.25) is 9.48 Å². The van der Waals surface area contributed by atoms with Crippen molar-refractivity contribution in [3.05, 3.63) is 48.3 Å². The van der Waals surface area contributed by atoms with Crippen LogP contribution >= 0.6 is 12.4 Å². The number of carbonyl (C=O) groups is 1. The van der Waals surface area contributed by atoms with E-state index >= 15 is 0 Å². The third-order valence-corrected chi connectivity index (χ3v) is 5.92. The number of ether oxygens (including phenoxy) is 1. The van der Waals surface area contributed by atoms with E-state index < -0.39 is 5.54 Å². The molecule has 2 N–H and O–H groups in total. The first kappa shape index (κ1) is 19.7. The van der Waals surface area contributed by atoms with Crippen molar-refractivity contribution in [2.75, 3.05) is 26.7 Å². The number of halogens is 1. The van der Waals surface area contributed by atoms with E-state index in [-0.39, 0.29) is 23.7 Å². The lowest BCUT2D eigenvalue weighted by atomic mass is 9.86. The van der Waals surface area contributed by atoms with Crippen LogP contribution in [0.15, 0.2) is 42.7 Å². The quantitative estimate of drug-likeness (QED) is 0.793. The molecule has 0 unspecified atom stereocenters. The summed E-state index contributed by atoms with van der Waals surface area (Å²) in [5.74, 6) is 0.978. The number of carbonyl (C=O) groups excluding carboxylic acids is 1. The van der Waals surface area contributed by atoms with E-state index in [0.29, 0.717) is 6.54 Å². The molecule has 146 valence electrons. The van der Waals surface area contributed by atoms with E-state index in [9.17, 15) is 4.79 Å². The fourth-order valence-electron chi connectivity index (χ4n) is 4.11. The maximum absolute atomic E-state index is 13.2. The van der Waals surface area contributed by atoms with Crippen molar-refractivity contribution >= 4 is 18.3 Å². The monoisotopic (exact) mass is 390 g/mol. The maximum atomic E-state index is 13.2. The molecule has 4 rings (SSSR count). The Morgan fingerprint density at radius 3 is 2.59 bits per heavy atom. The molecule has 2 fully saturated rings. The van der Waals surface area contributed by atoms with Gasteiger partial charge in [-0.05, 0) is 50.9 Å². The lowest BCUT2D eigenvalue weighted by molar-refractivity contribution is -0.132. The molecule has 0 bridgehead atoms. The summed E-state index contributed by atoms with van der Waals surface area (Å²) in [5, 5.41) is 11.0. The Balaban J connectivity index is 0.00000210. The van der Waals surface area contributed by atoms with Gasteiger partial charge >= 0.3 is 0 Å². The van der Waals surface area contributed by atoms with Gasteiger partial charge in [0.15, 0.2) is 0 Å². The Labute approximate surface area is 166 Å². The number of amides is 1. The predicted molar refractivity (Wildman–Crippen MR) is 106 cm³/mol. The van der Waals surface area contributed by atoms with Crippen LogP contribution in [0.2, 0.25) is 0 Å². The first-order valence-electron chi connectivity index (χ1n) is 9.33. The molecule has 1 aromatic carbocycles. The fourth-order valence-corrected chi connectivity index (χ4v) is 4.11. The SMILES string of the molecule is COc1ccccc1C1(CNC(=O)C2(n3cccn3)CCNCC2)CC1.Cl. The summed E-state index contributed by atoms with van der Waals surface area (Å²) in [6.07, 6.45) is 7.30. The minimum Gasteiger partial charge on any atom is -0.496 e. The van der Waals surface area contributed by atoms with Crippen LogP contribution in [0.5, 0.6) is 5.75 Å². The van der Waals surface area contributed by atoms with Crippen LogP contribution in [0, 0.1) is 0 Å². The molecule has 27 heavy (non-hydrogen) atoms. The summed E-state index contributed by atoms with van der Waals surface area (Å²) in [5.41, 5.74) is 0.604. The molecule has 2 heterocycles. The Morgan fingerprint density at radius 1 is 1.22 bits per heavy atom. The molecule has 2 aromatic rings. The van der Waals surface area contributed by atoms with Gasteiger partial charge < -0.3 is 15.4 Å². The van der Waals surface area contributed by atoms with Crippen molar-refractivity contribution in [1.29, 1.82) is 0 Å². The zero-order valence-electron chi connectivity index (χ0n) is 15.6. The molecule has 1 saturated heterocycles. The summed E-state index contributed by atoms with van der Waals surface area (Å²) in [7, 11) is 1.70. The number of rotatable bonds is 6. The molecule has 7 heteroatoms. The average molecular weight is 391 g/mol. The van der Waals surface area contributed by atoms with Gasteiger partial charge in [0, 0.05) is 29.9 Å². The fraction of sp³-hybridized carbons (Fsp3) is 0.500. The molecule has 6 nitrogen and oxygen atoms in total. The molecular weight excluding hydrogens is 364 g/mol. The second-order valence-corrected chi connectivity index (χ2v) is 7.40. The van der Waals surface area contributed by atoms with Crippen molar-refractivity contribution in [2.45, 2.75) is 36.6 Å². The third-order valence-electron chi connectivity index (χ3n) is 5.92. The van der Waals surface area contributed by atoms with E-state index in [0.717, 1.165) is 44.5 Å². The molecule has 0 atom stereocenters. The van der Waals surface area contributed by atoms with Crippen LogP contribution in [-0.2, 0) is 15.7 Å². The highest BCUT2D eigenvalue weighted by Crippen LogP contribution is 2.50. The summed E-state index contributed by atoms with van der Waals surface area (Å²) in [4.78, 5) is 13.2. The van der Waals surface area contributed by atoms with Crippen molar-refractivity contribution in [3.63, 3.8) is 0 Å². The lowest BCUT2D eigenvalue weighted by Gasteiger charge is -2.37. The zero-order valence-corrected chi connectivity index (χ0v) is 16.4. The molecule has 1 aliphatic carbocycles. The summed E-state index contributed by atoms with van der Waals surface area (Å²) >= 11 is 0. The van der Waals surface area contributed by atoms with Gasteiger partial charge in [0.2, 0.25) is 5.91 Å². The molecule has 1 amide bonds. The van der Waals surface area contributed by atoms with Crippen LogP contribution < -0.4 is 15.4 Å². The number of aromatic nitrogens is 2. The predicted octanol–water partition coefficient (Wildman–Crippen LogP) is 2.24. The molecule has 1 aliphatic heterocycles. The summed E-state index contributed by atoms with van der Waals surface area (Å²) in [6, 6.07) is 10.0. The number of benzene rings is 1. The number of methoxy groups -OCH3 is 1. The molecular formula is C20H27ClN4O2. The van der Waals surface area contributed by atoms with E-state index in [1.807, 2.05) is 35.1 Å². The number of para-hydroxylation sites is 1. The minimum atomic E-state index is -0.592. The van der Waals surface area contributed by atoms with Crippen LogP contribution in [-0.4, -0.2) is 42.4 Å². The highest BCUT2D eigenvalue weighted by atomic mass is 35.5. The Bertz CT molecular complexity index is 768. The highest BCUT2D eigenvalue weighted by Gasteiger charge is 2.48. The van der Waals surface area contributed by atoms with Crippen LogP contribution in [0.4, 0.5) is 0 Å². The molecule has 0 radical (unpaired) electrons. The standard InChI is InChI=1S/C20H26N4O2.ClH/c1-26-17-6-3-2-5-16(17)19(7-8-19)15-22-18(25)20(9-12-21-13-10-20)24-14-4-11-23-24;/h2-6,11,14,21H,7-10,12-13,15H2,1H3,(H,22,25);1H. The number of nitrogens with one attached hydrogen (secondary N) is 2. The van der Waals surface area contributed by atoms with Crippen LogP contribution in [0.1, 0.15) is 31.2 Å². The minimum absolute atomic E-state index is 0. The Kier molecular flexibility index (Phi) is 5.77. The maximum Gasteiger partial charge on any atom is 0.248 e. The number of hydrogen-bond donors (Lipinski definition) is 2. The van der Waals surface area contributed by atoms with Gasteiger partial charge in [-0.2, -0.15) is 5.10 Å². The van der Waals surface area contributed by atoms with Crippen molar-refractivity contribution in [1.82, 2.24) is 20.4 Å². The summed E-state index contributed by atoms with van der Waals surface area (Å²) in [6.45, 7) is 2.29. The summed E-state index contributed by atoms with van der Waals surface area (Å²) < 4.78 is 7.38. The van der Waals surface area contributed by atoms with Gasteiger partial charge in [0.25, 0.3) is 0 Å². The Hall–Kier alpha value is -2.05. The van der Waals surface area contributed by atoms with Gasteiger partial charge in [-0.15, -0.1) is 12.4 Å². The molecule has 0 spiro atoms. The molecule has 2 aliphatic rings. The van der Waals surface area contributed by atoms with E-state index in [1.165, 1.54) is 5.56 Å². The van der Waals surface area contributed by atoms with E-state index in [1.54, 1.807) is 13.3 Å². The van der Waals surface area contributed by atoms with Crippen molar-refractivity contribution in [2.24, 2.45) is 0 Å². The number of piperidine rings is 1. The topological polar surface area (TPSA) is 68.2 Å². The van der Waals surface area contributed by atoms with Gasteiger partial charge in [-0.25, -0.2) is 0 Å². The third kappa shape index (κ3) is 3.56. The van der Waals surface area contributed by atoms with Gasteiger partial charge in [0.05, 0.1) is 7.11 Å². The first-order chi connectivity index (χ1) is 12.7. The average Bonchev–Trinajstić information content (AvgIpc) is 3.28. The largest absolute Gasteiger partial charge is 0.496 e. The van der Waals surface area contributed by atoms with E-state index in [2.05, 4.69) is 21.8 Å². The number of nitrogens with zero attached hydrogens (tertiary/aromatic N) is 2. The normalized spacial score (nSPS) is 19.6. The van der Waals surface area contributed by atoms with Crippen LogP contribution in [0.25, 0.3) is 0 Å². The van der Waals surface area contributed by atoms with Crippen LogP contribution in [0.3, 0.4) is 0 Å². The lowest BCUT2D eigenvalue weighted by Crippen LogP contribution is -2.55. The number of hydrogen-bond acceptors (Lipinski definition) is 4. The highest BCUT2D eigenvalue weighted by molar-refractivity contribution is 5.85. The van der Waals surface area contributed by atoms with Gasteiger partial charge in [-0.1, -0.05) is 18.2 Å². The second kappa shape index (κ2) is 7.90. The van der Waals surface area contributed by atoms with Crippen molar-refractivity contribution < 1.29 is 9.53 Å². The zero-order chi connectivity index (χ0) is 18.0. The Morgan fingerprint density at radius 2 is 1.96 bits per heavy atom. The molecule has 1 aromatic heterocycles. The van der Waals surface area contributed by atoms with Gasteiger partial charge in [0.1, 0.15) is 11.3 Å². The first-order valence-corrected chi connectivity index (χ1v) is 9.33. The molecule has 1 saturated carbocycles. The van der Waals surface area contributed by atoms with E-state index in [4.69, 9.17) is 4.74 Å². The second-order valence-electron chi connectivity index (χ2n) is 7.40.